The molecular formula is C141H98O3. The number of hydrogen-bond donors (Lipinski definition) is 0. The van der Waals surface area contributed by atoms with Crippen LogP contribution in [0.25, 0.3) is 285 Å². The lowest BCUT2D eigenvalue weighted by atomic mass is 9.83. The number of rotatable bonds is 11. The molecule has 26 aromatic carbocycles. The molecule has 0 unspecified atom stereocenters. The Balaban J connectivity index is 0.000000116. The highest BCUT2D eigenvalue weighted by Gasteiger charge is 2.27. The highest BCUT2D eigenvalue weighted by molar-refractivity contribution is 6.30. The van der Waals surface area contributed by atoms with Gasteiger partial charge in [0.15, 0.2) is 0 Å². The molecule has 0 fully saturated rings. The molecule has 29 rings (SSSR count). The normalized spacial score (nSPS) is 11.6. The monoisotopic (exact) mass is 1840 g/mol. The summed E-state index contributed by atoms with van der Waals surface area (Å²) >= 11 is 0. The summed E-state index contributed by atoms with van der Waals surface area (Å²) in [4.78, 5) is 0. The first kappa shape index (κ1) is 84.7. The Morgan fingerprint density at radius 2 is 0.417 bits per heavy atom. The van der Waals surface area contributed by atoms with E-state index in [2.05, 4.69) is 510 Å². The van der Waals surface area contributed by atoms with Crippen molar-refractivity contribution in [2.45, 2.75) is 22.2 Å². The summed E-state index contributed by atoms with van der Waals surface area (Å²) in [6.07, 6.45) is 0. The Hall–Kier alpha value is -18.5. The molecule has 3 heteroatoms. The van der Waals surface area contributed by atoms with Gasteiger partial charge in [-0.25, -0.2) is 0 Å². The minimum absolute atomic E-state index is 0.901. The third-order valence-electron chi connectivity index (χ3n) is 29.0. The van der Waals surface area contributed by atoms with Gasteiger partial charge in [-0.1, -0.05) is 501 Å². The topological polar surface area (TPSA) is 39.4 Å². The van der Waals surface area contributed by atoms with Crippen LogP contribution >= 0.6 is 0 Å². The van der Waals surface area contributed by atoms with Crippen LogP contribution in [0.15, 0.2) is 535 Å². The molecule has 0 saturated carbocycles. The quantitative estimate of drug-likeness (QED) is 0.121. The predicted molar refractivity (Wildman–Crippen MR) is 619 cm³/mol. The minimum atomic E-state index is 0.901. The zero-order valence-electron chi connectivity index (χ0n) is 82.9. The average molecular weight is 1840 g/mol. The third-order valence-corrected chi connectivity index (χ3v) is 29.0. The van der Waals surface area contributed by atoms with E-state index < -0.39 is 0 Å². The molecule has 0 aliphatic rings. The summed E-state index contributed by atoms with van der Waals surface area (Å²) < 4.78 is 37.3. The molecule has 0 radical (unpaired) electrons. The van der Waals surface area contributed by atoms with E-state index in [9.17, 15) is 0 Å². The van der Waals surface area contributed by atoms with Crippen molar-refractivity contribution in [3.8, 4) is 122 Å². The van der Waals surface area contributed by atoms with E-state index in [4.69, 9.17) is 17.4 Å². The molecule has 0 aliphatic heterocycles. The van der Waals surface area contributed by atoms with Gasteiger partial charge in [0.25, 0.3) is 0 Å². The van der Waals surface area contributed by atoms with Gasteiger partial charge in [0.05, 0.1) is 0 Å². The molecule has 0 aliphatic carbocycles. The predicted octanol–water partition coefficient (Wildman–Crippen LogP) is 41.4. The third kappa shape index (κ3) is 15.0. The number of fused-ring (bicyclic) bond motifs is 18. The highest BCUT2D eigenvalue weighted by atomic mass is 16.3. The lowest BCUT2D eigenvalue weighted by Crippen LogP contribution is -1.92. The highest BCUT2D eigenvalue weighted by Crippen LogP contribution is 2.54. The van der Waals surface area contributed by atoms with Crippen LogP contribution in [-0.2, 0) is 0 Å². The summed E-state index contributed by atoms with van der Waals surface area (Å²) in [5.74, 6) is 0. The summed E-state index contributed by atoms with van der Waals surface area (Å²) in [5.41, 5.74) is 32.0. The Morgan fingerprint density at radius 1 is 0.118 bits per heavy atom. The number of hydrogen-bond acceptors (Lipinski definition) is 3. The van der Waals surface area contributed by atoms with Gasteiger partial charge in [0.1, 0.15) is 33.5 Å². The first-order chi connectivity index (χ1) is 73.0. The van der Waals surface area contributed by atoms with Gasteiger partial charge in [0, 0.05) is 64.2 Å². The molecule has 0 saturated heterocycles. The van der Waals surface area contributed by atoms with Crippen molar-refractivity contribution in [1.82, 2.24) is 0 Å². The molecule has 3 heterocycles. The molecule has 29 aromatic rings. The maximum Gasteiger partial charge on any atom is 0.143 e. The second kappa shape index (κ2) is 37.0. The molecule has 680 valence electrons. The first-order valence-electron chi connectivity index (χ1n) is 51.5. The van der Waals surface area contributed by atoms with Crippen molar-refractivity contribution in [3.05, 3.63) is 522 Å². The summed E-state index contributed by atoms with van der Waals surface area (Å²) in [6.45, 7) is 0. The molecule has 144 heavy (non-hydrogen) atoms. The van der Waals surface area contributed by atoms with E-state index in [1.807, 2.05) is 12.1 Å². The van der Waals surface area contributed by atoms with Crippen LogP contribution in [0, 0.1) is 0 Å². The van der Waals surface area contributed by atoms with Crippen LogP contribution in [0.3, 0.4) is 0 Å². The van der Waals surface area contributed by atoms with Crippen molar-refractivity contribution in [1.29, 1.82) is 0 Å². The molecule has 0 bridgehead atoms. The minimum Gasteiger partial charge on any atom is -0.456 e. The molecule has 0 N–H and O–H groups in total. The molecule has 0 atom stereocenters. The molecule has 3 nitrogen and oxygen atoms in total. The standard InChI is InChI=1S/C52H32O.C48H30O.C38H24O.3CH4/c1-2-15-34(16-3-1)38-24-12-25-46-47-26-13-27-48(52(47)53-51(38)46)50-43-22-10-8-20-41(43)49(42-21-9-11-23-44(42)50)45-31-30-37(39-18-6-7-19-40(39)45)36-29-28-33-14-4-5-17-35(33)32-36;1-3-13-31(14-4-1)33-25-27-36-35(29-33)17-11-22-37(36)46-38-18-7-9-20-40(38)47(41-21-10-8-19-39(41)46)43-24-12-23-42-44-30-34(32-15-5-2-6-16-32)26-28-45(44)49-48(42)43;1-2-10-25(11-3-1)26-18-20-27(21-19-26)37-31-13-4-6-15-33(31)38(34-16-7-5-14-32(34)37)28-22-23-30-29-12-8-9-17-35(29)39-36(30)24-28;;;/h1-32H;1-30H;1-24H;3*1H4/i;;;3*1D. The lowest BCUT2D eigenvalue weighted by molar-refractivity contribution is 0.669. The van der Waals surface area contributed by atoms with E-state index in [-0.39, 0.29) is 0 Å². The van der Waals surface area contributed by atoms with Gasteiger partial charge in [-0.05, 0) is 234 Å². The van der Waals surface area contributed by atoms with Crippen LogP contribution < -0.4 is 0 Å². The van der Waals surface area contributed by atoms with E-state index in [1.54, 1.807) is 0 Å². The van der Waals surface area contributed by atoms with Crippen LogP contribution in [0.1, 0.15) is 26.3 Å². The number of para-hydroxylation sites is 4. The molecule has 0 spiro atoms. The fourth-order valence-corrected chi connectivity index (χ4v) is 22.6. The number of benzene rings is 26. The SMILES string of the molecule is [2H]C.[2H]C.[2H]C.c1ccc(-c2ccc(-c3c4ccccc4c(-c4ccc5c(c4)oc4ccccc45)c4ccccc34)cc2)cc1.c1ccc(-c2ccc3c(-c4c5ccccc5c(-c5cccc6c5oc5ccc(-c7ccccc7)cc56)c5ccccc45)cccc3c2)cc1.c1ccc(-c2cccc3c2oc2c(-c4c5ccccc5c(-c5ccc(-c6ccc7ccccc7c6)c6ccccc56)c5ccccc45)cccc23)cc1. The van der Waals surface area contributed by atoms with Gasteiger partial charge in [-0.2, -0.15) is 0 Å². The van der Waals surface area contributed by atoms with Gasteiger partial charge in [0.2, 0.25) is 0 Å². The summed E-state index contributed by atoms with van der Waals surface area (Å²) in [7, 11) is 3.75. The van der Waals surface area contributed by atoms with Gasteiger partial charge >= 0.3 is 0 Å². The Labute approximate surface area is 840 Å². The maximum atomic E-state index is 6.98. The van der Waals surface area contributed by atoms with Crippen LogP contribution in [0.2, 0.25) is 0 Å². The van der Waals surface area contributed by atoms with E-state index >= 15 is 0 Å². The molecular weight excluding hydrogens is 1740 g/mol. The number of furan rings is 3. The summed E-state index contributed by atoms with van der Waals surface area (Å²) in [5, 5.41) is 29.1. The zero-order valence-corrected chi connectivity index (χ0v) is 79.9. The fraction of sp³-hybridized carbons (Fsp3) is 0.0213. The second-order valence-corrected chi connectivity index (χ2v) is 36.8. The van der Waals surface area contributed by atoms with Gasteiger partial charge in [-0.3, -0.25) is 0 Å². The van der Waals surface area contributed by atoms with Crippen molar-refractivity contribution < 1.29 is 17.4 Å². The maximum absolute atomic E-state index is 6.98. The smallest absolute Gasteiger partial charge is 0.143 e. The van der Waals surface area contributed by atoms with E-state index in [0.29, 0.717) is 0 Å². The van der Waals surface area contributed by atoms with E-state index in [1.165, 1.54) is 219 Å². The Bertz CT molecular complexity index is 9890. The zero-order chi connectivity index (χ0) is 99.0. The largest absolute Gasteiger partial charge is 0.456 e. The van der Waals surface area contributed by atoms with Crippen molar-refractivity contribution in [2.24, 2.45) is 0 Å². The van der Waals surface area contributed by atoms with Crippen LogP contribution in [0.5, 0.6) is 0 Å². The van der Waals surface area contributed by atoms with Gasteiger partial charge < -0.3 is 13.3 Å². The van der Waals surface area contributed by atoms with Crippen molar-refractivity contribution >= 4 is 163 Å². The van der Waals surface area contributed by atoms with Gasteiger partial charge in [-0.15, -0.1) is 0 Å². The first-order valence-corrected chi connectivity index (χ1v) is 48.5. The van der Waals surface area contributed by atoms with Crippen molar-refractivity contribution in [2.75, 3.05) is 0 Å². The Morgan fingerprint density at radius 3 is 0.944 bits per heavy atom. The second-order valence-electron chi connectivity index (χ2n) is 36.8. The molecule has 3 aromatic heterocycles. The van der Waals surface area contributed by atoms with Crippen molar-refractivity contribution in [3.63, 3.8) is 0 Å². The van der Waals surface area contributed by atoms with Crippen LogP contribution in [0.4, 0.5) is 0 Å². The Kier molecular flexibility index (Phi) is 21.8. The molecule has 0 amide bonds. The van der Waals surface area contributed by atoms with Crippen LogP contribution in [-0.4, -0.2) is 0 Å². The fourth-order valence-electron chi connectivity index (χ4n) is 22.6. The summed E-state index contributed by atoms with van der Waals surface area (Å²) in [6, 6.07) is 188. The van der Waals surface area contributed by atoms with E-state index in [0.717, 1.165) is 88.1 Å². The average Bonchev–Trinajstić information content (AvgIpc) is 1.67. The lowest BCUT2D eigenvalue weighted by Gasteiger charge is -2.20.